The van der Waals surface area contributed by atoms with Crippen LogP contribution >= 0.6 is 15.9 Å². The predicted molar refractivity (Wildman–Crippen MR) is 263 cm³/mol. The van der Waals surface area contributed by atoms with Gasteiger partial charge in [0.2, 0.25) is 5.69 Å². The Bertz CT molecular complexity index is 2580. The highest BCUT2D eigenvalue weighted by atomic mass is 79.9. The summed E-state index contributed by atoms with van der Waals surface area (Å²) in [6, 6.07) is 11.1. The number of ether oxygens (including phenoxy) is 2. The van der Waals surface area contributed by atoms with Crippen molar-refractivity contribution in [3.05, 3.63) is 121 Å². The molecule has 4 heterocycles. The molecule has 0 unspecified atom stereocenters. The van der Waals surface area contributed by atoms with Crippen molar-refractivity contribution >= 4 is 45.4 Å². The summed E-state index contributed by atoms with van der Waals surface area (Å²) in [4.78, 5) is 46.4. The minimum Gasteiger partial charge on any atom is -0.439 e. The lowest BCUT2D eigenvalue weighted by molar-refractivity contribution is -0.138. The number of carbonyl (C=O) groups is 2. The largest absolute Gasteiger partial charge is 0.439 e. The standard InChI is InChI=1S/C27H31F3N4O2.C26H31BrF3N3O2/c1-5-33(23-9-7-6-8-10-23)25-20(14-22(31-4)15-32-25)16-34-18(3)24(36-26(34)35)19-11-17(2)12-21(13-19)27(28,29)30;1-4-32(22-8-6-5-7-9-22)24-19(13-21(27)14-31-24)15-33-17(3)23(35-25(33)34)18-10-16(2)11-20(12-18)26(28,29)30/h11-15,18,23-24H,5-10,16H2,1-3H3;10-14,17,22-23H,4-9,15H2,1-3H3/t18-,24-;17-,23-/m00/s1. The number of hydrogen-bond donors (Lipinski definition) is 0. The van der Waals surface area contributed by atoms with Crippen LogP contribution in [0.15, 0.2) is 65.4 Å². The summed E-state index contributed by atoms with van der Waals surface area (Å²) in [6.45, 7) is 20.4. The first-order valence-corrected chi connectivity index (χ1v) is 25.4. The molecule has 8 rings (SSSR count). The molecular formula is C53H62BrF6N7O4. The molecule has 2 aromatic heterocycles. The fraction of sp³-hybridized carbons (Fsp3) is 0.528. The Morgan fingerprint density at radius 2 is 1.06 bits per heavy atom. The lowest BCUT2D eigenvalue weighted by atomic mass is 9.94. The first-order chi connectivity index (χ1) is 33.7. The minimum atomic E-state index is -4.49. The van der Waals surface area contributed by atoms with Gasteiger partial charge in [-0.3, -0.25) is 14.8 Å². The Kier molecular flexibility index (Phi) is 16.8. The van der Waals surface area contributed by atoms with Crippen molar-refractivity contribution in [3.63, 3.8) is 0 Å². The van der Waals surface area contributed by atoms with E-state index < -0.39 is 60.0 Å². The fourth-order valence-electron chi connectivity index (χ4n) is 10.7. The first-order valence-electron chi connectivity index (χ1n) is 24.6. The minimum absolute atomic E-state index is 0.156. The highest BCUT2D eigenvalue weighted by molar-refractivity contribution is 9.10. The van der Waals surface area contributed by atoms with Gasteiger partial charge in [-0.2, -0.15) is 26.3 Å². The Labute approximate surface area is 420 Å². The van der Waals surface area contributed by atoms with E-state index >= 15 is 0 Å². The zero-order chi connectivity index (χ0) is 51.4. The molecule has 382 valence electrons. The van der Waals surface area contributed by atoms with Gasteiger partial charge >= 0.3 is 24.5 Å². The molecule has 4 aliphatic rings. The number of benzene rings is 2. The summed E-state index contributed by atoms with van der Waals surface area (Å²) in [6.07, 6.45) is 3.16. The molecule has 2 aliphatic carbocycles. The molecule has 2 saturated carbocycles. The van der Waals surface area contributed by atoms with E-state index in [1.807, 2.05) is 13.0 Å². The van der Waals surface area contributed by atoms with E-state index in [0.29, 0.717) is 40.0 Å². The van der Waals surface area contributed by atoms with Crippen LogP contribution in [0.1, 0.15) is 149 Å². The number of carbonyl (C=O) groups excluding carboxylic acids is 2. The van der Waals surface area contributed by atoms with Gasteiger partial charge in [-0.25, -0.2) is 19.4 Å². The topological polar surface area (TPSA) is 95.7 Å². The molecule has 0 bridgehead atoms. The SMILES string of the molecule is CCN(c1ncc(Br)cc1CN1C(=O)O[C@H](c2cc(C)cc(C(F)(F)F)c2)[C@@H]1C)C1CCCCC1.[C-]#[N+]c1cnc(N(CC)C2CCCCC2)c(CN2C(=O)O[C@H](c3cc(C)cc(C(F)(F)F)c3)[C@@H]2C)c1. The molecule has 2 aromatic carbocycles. The van der Waals surface area contributed by atoms with Crippen LogP contribution in [0.3, 0.4) is 0 Å². The van der Waals surface area contributed by atoms with Crippen molar-refractivity contribution in [2.24, 2.45) is 0 Å². The van der Waals surface area contributed by atoms with Crippen LogP contribution in [-0.2, 0) is 34.9 Å². The monoisotopic (exact) mass is 1050 g/mol. The average Bonchev–Trinajstić information content (AvgIpc) is 3.78. The van der Waals surface area contributed by atoms with E-state index in [1.165, 1.54) is 30.6 Å². The summed E-state index contributed by atoms with van der Waals surface area (Å²) < 4.78 is 92.4. The lowest BCUT2D eigenvalue weighted by Gasteiger charge is -2.36. The molecule has 4 fully saturated rings. The molecule has 2 saturated heterocycles. The molecule has 2 aliphatic heterocycles. The average molecular weight is 1060 g/mol. The van der Waals surface area contributed by atoms with Crippen molar-refractivity contribution in [1.82, 2.24) is 19.8 Å². The smallest absolute Gasteiger partial charge is 0.416 e. The lowest BCUT2D eigenvalue weighted by Crippen LogP contribution is -2.39. The molecular weight excluding hydrogens is 993 g/mol. The molecule has 0 N–H and O–H groups in total. The van der Waals surface area contributed by atoms with Gasteiger partial charge in [0.15, 0.2) is 0 Å². The molecule has 0 spiro atoms. The van der Waals surface area contributed by atoms with Crippen LogP contribution in [-0.4, -0.2) is 69.2 Å². The van der Waals surface area contributed by atoms with Crippen molar-refractivity contribution in [3.8, 4) is 0 Å². The maximum Gasteiger partial charge on any atom is 0.416 e. The van der Waals surface area contributed by atoms with Crippen LogP contribution in [0.4, 0.5) is 53.3 Å². The van der Waals surface area contributed by atoms with E-state index in [0.717, 1.165) is 103 Å². The van der Waals surface area contributed by atoms with E-state index in [9.17, 15) is 35.9 Å². The van der Waals surface area contributed by atoms with Crippen molar-refractivity contribution in [2.75, 3.05) is 22.9 Å². The second kappa shape index (κ2) is 22.5. The van der Waals surface area contributed by atoms with E-state index in [2.05, 4.69) is 49.4 Å². The Morgan fingerprint density at radius 3 is 1.45 bits per heavy atom. The van der Waals surface area contributed by atoms with Gasteiger partial charge in [0, 0.05) is 53.2 Å². The predicted octanol–water partition coefficient (Wildman–Crippen LogP) is 14.6. The highest BCUT2D eigenvalue weighted by Gasteiger charge is 2.43. The molecule has 0 radical (unpaired) electrons. The normalized spacial score (nSPS) is 21.1. The summed E-state index contributed by atoms with van der Waals surface area (Å²) in [5.74, 6) is 1.59. The van der Waals surface area contributed by atoms with Crippen LogP contribution < -0.4 is 9.80 Å². The zero-order valence-corrected chi connectivity index (χ0v) is 42.6. The Hall–Kier alpha value is -5.57. The van der Waals surface area contributed by atoms with Gasteiger partial charge in [0.1, 0.15) is 23.8 Å². The fourth-order valence-corrected chi connectivity index (χ4v) is 11.1. The molecule has 4 aromatic rings. The molecule has 2 amide bonds. The number of cyclic esters (lactones) is 2. The van der Waals surface area contributed by atoms with Gasteiger partial charge in [-0.1, -0.05) is 61.8 Å². The second-order valence-corrected chi connectivity index (χ2v) is 20.1. The number of anilines is 2. The van der Waals surface area contributed by atoms with Gasteiger partial charge in [0.05, 0.1) is 42.9 Å². The zero-order valence-electron chi connectivity index (χ0n) is 41.0. The van der Waals surface area contributed by atoms with Crippen LogP contribution in [0.2, 0.25) is 0 Å². The first kappa shape index (κ1) is 53.2. The van der Waals surface area contributed by atoms with Gasteiger partial charge in [-0.05, 0) is 131 Å². The molecule has 18 heteroatoms. The number of rotatable bonds is 12. The van der Waals surface area contributed by atoms with E-state index in [4.69, 9.17) is 21.0 Å². The summed E-state index contributed by atoms with van der Waals surface area (Å²) in [5, 5.41) is 0. The Balaban J connectivity index is 0.000000209. The third-order valence-electron chi connectivity index (χ3n) is 14.2. The number of aromatic nitrogens is 2. The van der Waals surface area contributed by atoms with E-state index in [1.54, 1.807) is 56.3 Å². The number of nitrogens with zero attached hydrogens (tertiary/aromatic N) is 7. The number of amides is 2. The number of halogens is 7. The number of aryl methyl sites for hydroxylation is 2. The Morgan fingerprint density at radius 1 is 0.648 bits per heavy atom. The van der Waals surface area contributed by atoms with E-state index in [-0.39, 0.29) is 13.1 Å². The quantitative estimate of drug-likeness (QED) is 0.102. The third kappa shape index (κ3) is 12.4. The van der Waals surface area contributed by atoms with Crippen LogP contribution in [0.25, 0.3) is 4.85 Å². The third-order valence-corrected chi connectivity index (χ3v) is 14.6. The molecule has 11 nitrogen and oxygen atoms in total. The summed E-state index contributed by atoms with van der Waals surface area (Å²) >= 11 is 3.50. The molecule has 4 atom stereocenters. The highest BCUT2D eigenvalue weighted by Crippen LogP contribution is 2.41. The van der Waals surface area contributed by atoms with Crippen molar-refractivity contribution < 1.29 is 45.4 Å². The van der Waals surface area contributed by atoms with Crippen molar-refractivity contribution in [2.45, 2.75) is 168 Å². The van der Waals surface area contributed by atoms with Crippen LogP contribution in [0.5, 0.6) is 0 Å². The maximum absolute atomic E-state index is 13.4. The molecule has 71 heavy (non-hydrogen) atoms. The number of hydrogen-bond acceptors (Lipinski definition) is 8. The number of alkyl halides is 6. The van der Waals surface area contributed by atoms with Gasteiger partial charge < -0.3 is 19.3 Å². The summed E-state index contributed by atoms with van der Waals surface area (Å²) in [7, 11) is 0. The van der Waals surface area contributed by atoms with Gasteiger partial charge in [0.25, 0.3) is 0 Å². The van der Waals surface area contributed by atoms with Crippen molar-refractivity contribution in [1.29, 1.82) is 0 Å². The summed E-state index contributed by atoms with van der Waals surface area (Å²) in [5.41, 5.74) is 2.09. The van der Waals surface area contributed by atoms with Crippen LogP contribution in [0, 0.1) is 20.4 Å². The second-order valence-electron chi connectivity index (χ2n) is 19.2. The number of pyridine rings is 2. The maximum atomic E-state index is 13.4. The van der Waals surface area contributed by atoms with Gasteiger partial charge in [-0.15, -0.1) is 0 Å².